The number of nitrogens with zero attached hydrogens (tertiary/aromatic N) is 6. The predicted octanol–water partition coefficient (Wildman–Crippen LogP) is 3.67. The second-order valence-electron chi connectivity index (χ2n) is 5.13. The summed E-state index contributed by atoms with van der Waals surface area (Å²) in [7, 11) is 0. The Morgan fingerprint density at radius 2 is 2.04 bits per heavy atom. The van der Waals surface area contributed by atoms with E-state index in [1.807, 2.05) is 6.07 Å². The van der Waals surface area contributed by atoms with Crippen molar-refractivity contribution in [1.82, 2.24) is 24.5 Å². The van der Waals surface area contributed by atoms with Crippen LogP contribution in [0.5, 0.6) is 11.6 Å². The Kier molecular flexibility index (Phi) is 4.01. The second kappa shape index (κ2) is 6.48. The van der Waals surface area contributed by atoms with E-state index < -0.39 is 4.92 Å². The molecule has 0 aliphatic rings. The summed E-state index contributed by atoms with van der Waals surface area (Å²) in [4.78, 5) is 27.2. The molecule has 0 atom stereocenters. The molecule has 0 unspecified atom stereocenters. The van der Waals surface area contributed by atoms with Gasteiger partial charge in [0.15, 0.2) is 5.75 Å². The van der Waals surface area contributed by atoms with Crippen molar-refractivity contribution in [1.29, 1.82) is 0 Å². The molecule has 0 radical (unpaired) electrons. The van der Waals surface area contributed by atoms with Crippen LogP contribution in [0.3, 0.4) is 0 Å². The van der Waals surface area contributed by atoms with Crippen LogP contribution in [0.2, 0.25) is 0 Å². The van der Waals surface area contributed by atoms with Crippen LogP contribution in [-0.4, -0.2) is 29.4 Å². The number of imidazole rings is 1. The Morgan fingerprint density at radius 1 is 1.15 bits per heavy atom. The van der Waals surface area contributed by atoms with E-state index in [0.29, 0.717) is 11.3 Å². The van der Waals surface area contributed by atoms with Crippen molar-refractivity contribution in [3.05, 3.63) is 70.1 Å². The van der Waals surface area contributed by atoms with Gasteiger partial charge in [0.1, 0.15) is 18.2 Å². The first kappa shape index (κ1) is 16.1. The highest BCUT2D eigenvalue weighted by molar-refractivity contribution is 9.10. The molecule has 0 saturated carbocycles. The Hall–Kier alpha value is -3.40. The third-order valence-corrected chi connectivity index (χ3v) is 4.28. The van der Waals surface area contributed by atoms with Crippen LogP contribution in [0, 0.1) is 10.1 Å². The van der Waals surface area contributed by atoms with Crippen molar-refractivity contribution in [3.63, 3.8) is 0 Å². The maximum Gasteiger partial charge on any atom is 0.374 e. The van der Waals surface area contributed by atoms with E-state index in [1.165, 1.54) is 23.4 Å². The summed E-state index contributed by atoms with van der Waals surface area (Å²) in [6.07, 6.45) is 7.28. The van der Waals surface area contributed by atoms with Crippen molar-refractivity contribution in [3.8, 4) is 17.4 Å². The molecule has 4 aromatic rings. The molecule has 26 heavy (non-hydrogen) atoms. The standard InChI is InChI=1S/C16H9BrN6O3/c17-11-3-4-12(13-10(11)2-1-5-19-13)26-16-14(23(24)25)15(20-8-21-16)22-7-6-18-9-22/h1-9H. The molecule has 0 fully saturated rings. The fraction of sp³-hybridized carbons (Fsp3) is 0. The molecule has 4 rings (SSSR count). The highest BCUT2D eigenvalue weighted by Crippen LogP contribution is 2.37. The number of ether oxygens (including phenoxy) is 1. The maximum absolute atomic E-state index is 11.6. The van der Waals surface area contributed by atoms with Gasteiger partial charge >= 0.3 is 11.6 Å². The SMILES string of the molecule is O=[N+]([O-])c1c(Oc2ccc(Br)c3cccnc23)ncnc1-n1ccnc1. The van der Waals surface area contributed by atoms with Gasteiger partial charge in [-0.3, -0.25) is 19.7 Å². The van der Waals surface area contributed by atoms with Gasteiger partial charge in [-0.15, -0.1) is 0 Å². The molecule has 0 saturated heterocycles. The number of pyridine rings is 1. The summed E-state index contributed by atoms with van der Waals surface area (Å²) in [5.74, 6) is 0.233. The van der Waals surface area contributed by atoms with E-state index in [1.54, 1.807) is 30.6 Å². The summed E-state index contributed by atoms with van der Waals surface area (Å²) in [6.45, 7) is 0. The van der Waals surface area contributed by atoms with E-state index in [4.69, 9.17) is 4.74 Å². The average Bonchev–Trinajstić information content (AvgIpc) is 3.18. The number of hydrogen-bond donors (Lipinski definition) is 0. The molecule has 10 heteroatoms. The molecule has 0 aliphatic heterocycles. The summed E-state index contributed by atoms with van der Waals surface area (Å²) >= 11 is 3.45. The van der Waals surface area contributed by atoms with Gasteiger partial charge in [0, 0.05) is 28.4 Å². The molecule has 1 aromatic carbocycles. The van der Waals surface area contributed by atoms with Gasteiger partial charge in [0.05, 0.1) is 4.92 Å². The summed E-state index contributed by atoms with van der Waals surface area (Å²) < 4.78 is 8.03. The van der Waals surface area contributed by atoms with Crippen LogP contribution >= 0.6 is 15.9 Å². The minimum absolute atomic E-state index is 0.0619. The van der Waals surface area contributed by atoms with Crippen LogP contribution in [-0.2, 0) is 0 Å². The average molecular weight is 413 g/mol. The van der Waals surface area contributed by atoms with Crippen LogP contribution in [0.25, 0.3) is 16.7 Å². The van der Waals surface area contributed by atoms with Gasteiger partial charge in [-0.1, -0.05) is 22.0 Å². The van der Waals surface area contributed by atoms with E-state index in [9.17, 15) is 10.1 Å². The fourth-order valence-electron chi connectivity index (χ4n) is 2.46. The highest BCUT2D eigenvalue weighted by Gasteiger charge is 2.26. The first-order valence-corrected chi connectivity index (χ1v) is 8.13. The molecule has 0 aliphatic carbocycles. The molecular weight excluding hydrogens is 404 g/mol. The minimum atomic E-state index is -0.584. The van der Waals surface area contributed by atoms with Crippen molar-refractivity contribution in [2.45, 2.75) is 0 Å². The number of hydrogen-bond acceptors (Lipinski definition) is 7. The van der Waals surface area contributed by atoms with Crippen molar-refractivity contribution in [2.75, 3.05) is 0 Å². The lowest BCUT2D eigenvalue weighted by atomic mass is 10.2. The molecule has 3 aromatic heterocycles. The largest absolute Gasteiger partial charge is 0.431 e. The quantitative estimate of drug-likeness (QED) is 0.371. The number of rotatable bonds is 4. The molecule has 9 nitrogen and oxygen atoms in total. The number of nitro groups is 1. The van der Waals surface area contributed by atoms with Crippen LogP contribution in [0.15, 0.2) is 60.0 Å². The first-order valence-electron chi connectivity index (χ1n) is 7.34. The number of fused-ring (bicyclic) bond motifs is 1. The summed E-state index contributed by atoms with van der Waals surface area (Å²) in [5.41, 5.74) is 0.191. The minimum Gasteiger partial charge on any atom is -0.431 e. The third kappa shape index (κ3) is 2.75. The lowest BCUT2D eigenvalue weighted by Crippen LogP contribution is -2.05. The van der Waals surface area contributed by atoms with Crippen LogP contribution in [0.4, 0.5) is 5.69 Å². The Bertz CT molecular complexity index is 1120. The Morgan fingerprint density at radius 3 is 2.81 bits per heavy atom. The Balaban J connectivity index is 1.87. The first-order chi connectivity index (χ1) is 12.6. The van der Waals surface area contributed by atoms with Crippen molar-refractivity contribution < 1.29 is 9.66 Å². The third-order valence-electron chi connectivity index (χ3n) is 3.59. The van der Waals surface area contributed by atoms with E-state index in [2.05, 4.69) is 35.9 Å². The smallest absolute Gasteiger partial charge is 0.374 e. The molecule has 128 valence electrons. The normalized spacial score (nSPS) is 10.8. The van der Waals surface area contributed by atoms with Crippen LogP contribution < -0.4 is 4.74 Å². The van der Waals surface area contributed by atoms with Gasteiger partial charge in [-0.25, -0.2) is 9.97 Å². The summed E-state index contributed by atoms with van der Waals surface area (Å²) in [5, 5.41) is 12.5. The highest BCUT2D eigenvalue weighted by atomic mass is 79.9. The number of benzene rings is 1. The molecule has 0 amide bonds. The van der Waals surface area contributed by atoms with Gasteiger partial charge < -0.3 is 4.74 Å². The van der Waals surface area contributed by atoms with E-state index in [0.717, 1.165) is 9.86 Å². The molecule has 0 bridgehead atoms. The van der Waals surface area contributed by atoms with E-state index >= 15 is 0 Å². The second-order valence-corrected chi connectivity index (χ2v) is 5.98. The van der Waals surface area contributed by atoms with Gasteiger partial charge in [0.2, 0.25) is 5.82 Å². The monoisotopic (exact) mass is 412 g/mol. The number of halogens is 1. The summed E-state index contributed by atoms with van der Waals surface area (Å²) in [6, 6.07) is 7.11. The molecule has 0 N–H and O–H groups in total. The van der Waals surface area contributed by atoms with Crippen molar-refractivity contribution >= 4 is 32.5 Å². The molecule has 0 spiro atoms. The lowest BCUT2D eigenvalue weighted by molar-refractivity contribution is -0.386. The Labute approximate surface area is 154 Å². The lowest BCUT2D eigenvalue weighted by Gasteiger charge is -2.10. The zero-order valence-electron chi connectivity index (χ0n) is 13.0. The predicted molar refractivity (Wildman–Crippen MR) is 95.3 cm³/mol. The number of aromatic nitrogens is 5. The van der Waals surface area contributed by atoms with E-state index in [-0.39, 0.29) is 17.4 Å². The van der Waals surface area contributed by atoms with Gasteiger partial charge in [0.25, 0.3) is 0 Å². The van der Waals surface area contributed by atoms with Crippen LogP contribution in [0.1, 0.15) is 0 Å². The topological polar surface area (TPSA) is 109 Å². The maximum atomic E-state index is 11.6. The zero-order chi connectivity index (χ0) is 18.1. The van der Waals surface area contributed by atoms with Gasteiger partial charge in [-0.2, -0.15) is 4.98 Å². The zero-order valence-corrected chi connectivity index (χ0v) is 14.6. The van der Waals surface area contributed by atoms with Gasteiger partial charge in [-0.05, 0) is 18.2 Å². The van der Waals surface area contributed by atoms with Crippen molar-refractivity contribution in [2.24, 2.45) is 0 Å². The molecule has 3 heterocycles. The molecular formula is C16H9BrN6O3. The fourth-order valence-corrected chi connectivity index (χ4v) is 2.91.